The number of aryl methyl sites for hydroxylation is 1. The van der Waals surface area contributed by atoms with Gasteiger partial charge < -0.3 is 15.0 Å². The predicted molar refractivity (Wildman–Crippen MR) is 145 cm³/mol. The Labute approximate surface area is 219 Å². The summed E-state index contributed by atoms with van der Waals surface area (Å²) in [6.45, 7) is 4.85. The number of halogens is 1. The van der Waals surface area contributed by atoms with Crippen LogP contribution in [0.5, 0.6) is 5.75 Å². The zero-order chi connectivity index (χ0) is 25.8. The molecule has 2 amide bonds. The molecule has 1 N–H and O–H groups in total. The molecule has 0 fully saturated rings. The van der Waals surface area contributed by atoms with Crippen molar-refractivity contribution in [3.8, 4) is 5.75 Å². The van der Waals surface area contributed by atoms with Crippen molar-refractivity contribution >= 4 is 23.4 Å². The number of benzene rings is 3. The van der Waals surface area contributed by atoms with E-state index in [1.807, 2.05) is 66.7 Å². The van der Waals surface area contributed by atoms with Crippen molar-refractivity contribution in [2.75, 3.05) is 13.2 Å². The number of ether oxygens (including phenoxy) is 1. The first-order valence-corrected chi connectivity index (χ1v) is 12.9. The second-order valence-electron chi connectivity index (χ2n) is 8.78. The lowest BCUT2D eigenvalue weighted by molar-refractivity contribution is -0.142. The summed E-state index contributed by atoms with van der Waals surface area (Å²) >= 11 is 6.08. The van der Waals surface area contributed by atoms with E-state index in [0.717, 1.165) is 30.4 Å². The van der Waals surface area contributed by atoms with E-state index in [2.05, 4.69) is 19.2 Å². The standard InChI is InChI=1S/C30H35ClN2O3/c1-3-5-19-32-30(35)28(20-24-9-7-6-8-10-24)33(21-25-11-15-26(31)16-12-25)29(34)22-36-27-17-13-23(4-2)14-18-27/h6-18,28H,3-5,19-22H2,1-2H3,(H,32,35). The van der Waals surface area contributed by atoms with E-state index in [1.54, 1.807) is 17.0 Å². The lowest BCUT2D eigenvalue weighted by Gasteiger charge is -2.31. The molecule has 6 heteroatoms. The molecular weight excluding hydrogens is 472 g/mol. The molecular formula is C30H35ClN2O3. The first-order valence-electron chi connectivity index (χ1n) is 12.6. The maximum Gasteiger partial charge on any atom is 0.261 e. The van der Waals surface area contributed by atoms with Crippen LogP contribution in [0.25, 0.3) is 0 Å². The van der Waals surface area contributed by atoms with E-state index >= 15 is 0 Å². The maximum atomic E-state index is 13.6. The molecule has 0 aromatic heterocycles. The number of carbonyl (C=O) groups excluding carboxylic acids is 2. The van der Waals surface area contributed by atoms with E-state index < -0.39 is 6.04 Å². The smallest absolute Gasteiger partial charge is 0.261 e. The fourth-order valence-corrected chi connectivity index (χ4v) is 4.02. The highest BCUT2D eigenvalue weighted by atomic mass is 35.5. The average molecular weight is 507 g/mol. The Bertz CT molecular complexity index is 1090. The van der Waals surface area contributed by atoms with E-state index in [1.165, 1.54) is 5.56 Å². The molecule has 1 atom stereocenters. The number of amides is 2. The summed E-state index contributed by atoms with van der Waals surface area (Å²) in [7, 11) is 0. The number of hydrogen-bond acceptors (Lipinski definition) is 3. The summed E-state index contributed by atoms with van der Waals surface area (Å²) in [5.74, 6) is 0.206. The van der Waals surface area contributed by atoms with Crippen molar-refractivity contribution in [3.05, 3.63) is 101 Å². The summed E-state index contributed by atoms with van der Waals surface area (Å²) in [6.07, 6.45) is 3.19. The summed E-state index contributed by atoms with van der Waals surface area (Å²) < 4.78 is 5.84. The predicted octanol–water partition coefficient (Wildman–Crippen LogP) is 5.84. The van der Waals surface area contributed by atoms with Gasteiger partial charge in [0, 0.05) is 24.5 Å². The molecule has 0 heterocycles. The monoisotopic (exact) mass is 506 g/mol. The maximum absolute atomic E-state index is 13.6. The molecule has 36 heavy (non-hydrogen) atoms. The van der Waals surface area contributed by atoms with Crippen LogP contribution < -0.4 is 10.1 Å². The number of nitrogens with one attached hydrogen (secondary N) is 1. The number of hydrogen-bond donors (Lipinski definition) is 1. The lowest BCUT2D eigenvalue weighted by Crippen LogP contribution is -2.51. The molecule has 3 aromatic carbocycles. The lowest BCUT2D eigenvalue weighted by atomic mass is 10.0. The normalized spacial score (nSPS) is 11.5. The summed E-state index contributed by atoms with van der Waals surface area (Å²) in [4.78, 5) is 28.6. The molecule has 5 nitrogen and oxygen atoms in total. The highest BCUT2D eigenvalue weighted by molar-refractivity contribution is 6.30. The van der Waals surface area contributed by atoms with Crippen molar-refractivity contribution in [2.45, 2.75) is 52.1 Å². The van der Waals surface area contributed by atoms with Gasteiger partial charge in [0.1, 0.15) is 11.8 Å². The largest absolute Gasteiger partial charge is 0.484 e. The molecule has 3 rings (SSSR count). The molecule has 0 aliphatic heterocycles. The van der Waals surface area contributed by atoms with Crippen molar-refractivity contribution in [2.24, 2.45) is 0 Å². The second-order valence-corrected chi connectivity index (χ2v) is 9.22. The van der Waals surface area contributed by atoms with Crippen molar-refractivity contribution in [3.63, 3.8) is 0 Å². The summed E-state index contributed by atoms with van der Waals surface area (Å²) in [6, 6.07) is 24.1. The van der Waals surface area contributed by atoms with Crippen molar-refractivity contribution in [1.29, 1.82) is 0 Å². The fourth-order valence-electron chi connectivity index (χ4n) is 3.90. The van der Waals surface area contributed by atoms with Crippen LogP contribution in [0, 0.1) is 0 Å². The molecule has 0 bridgehead atoms. The Morgan fingerprint density at radius 1 is 0.889 bits per heavy atom. The van der Waals surface area contributed by atoms with Crippen LogP contribution in [0.4, 0.5) is 0 Å². The van der Waals surface area contributed by atoms with Gasteiger partial charge in [0.05, 0.1) is 0 Å². The van der Waals surface area contributed by atoms with Crippen LogP contribution in [0.3, 0.4) is 0 Å². The van der Waals surface area contributed by atoms with Gasteiger partial charge >= 0.3 is 0 Å². The van der Waals surface area contributed by atoms with E-state index in [4.69, 9.17) is 16.3 Å². The average Bonchev–Trinajstić information content (AvgIpc) is 2.91. The van der Waals surface area contributed by atoms with Gasteiger partial charge in [0.2, 0.25) is 5.91 Å². The number of carbonyl (C=O) groups is 2. The van der Waals surface area contributed by atoms with Crippen molar-refractivity contribution < 1.29 is 14.3 Å². The third-order valence-corrected chi connectivity index (χ3v) is 6.31. The molecule has 0 aliphatic carbocycles. The van der Waals surface area contributed by atoms with E-state index in [-0.39, 0.29) is 25.0 Å². The molecule has 190 valence electrons. The molecule has 0 radical (unpaired) electrons. The third kappa shape index (κ3) is 8.42. The molecule has 0 saturated heterocycles. The minimum Gasteiger partial charge on any atom is -0.484 e. The van der Waals surface area contributed by atoms with Crippen LogP contribution >= 0.6 is 11.6 Å². The van der Waals surface area contributed by atoms with Crippen LogP contribution in [0.1, 0.15) is 43.4 Å². The molecule has 1 unspecified atom stereocenters. The van der Waals surface area contributed by atoms with Crippen LogP contribution in [-0.4, -0.2) is 35.9 Å². The topological polar surface area (TPSA) is 58.6 Å². The first kappa shape index (κ1) is 27.3. The van der Waals surface area contributed by atoms with Crippen LogP contribution in [0.15, 0.2) is 78.9 Å². The summed E-state index contributed by atoms with van der Waals surface area (Å²) in [5.41, 5.74) is 3.07. The van der Waals surface area contributed by atoms with Gasteiger partial charge in [0.15, 0.2) is 6.61 Å². The zero-order valence-corrected chi connectivity index (χ0v) is 21.8. The molecule has 3 aromatic rings. The number of nitrogens with zero attached hydrogens (tertiary/aromatic N) is 1. The minimum absolute atomic E-state index is 0.160. The van der Waals surface area contributed by atoms with E-state index in [9.17, 15) is 9.59 Å². The highest BCUT2D eigenvalue weighted by Gasteiger charge is 2.30. The fraction of sp³-hybridized carbons (Fsp3) is 0.333. The Kier molecular flexibility index (Phi) is 10.8. The van der Waals surface area contributed by atoms with Gasteiger partial charge in [-0.05, 0) is 53.8 Å². The highest BCUT2D eigenvalue weighted by Crippen LogP contribution is 2.18. The minimum atomic E-state index is -0.682. The zero-order valence-electron chi connectivity index (χ0n) is 21.1. The quantitative estimate of drug-likeness (QED) is 0.296. The van der Waals surface area contributed by atoms with Gasteiger partial charge in [-0.25, -0.2) is 0 Å². The van der Waals surface area contributed by atoms with Gasteiger partial charge in [-0.3, -0.25) is 9.59 Å². The van der Waals surface area contributed by atoms with Crippen LogP contribution in [0.2, 0.25) is 5.02 Å². The Balaban J connectivity index is 1.85. The Hall–Kier alpha value is -3.31. The summed E-state index contributed by atoms with van der Waals surface area (Å²) in [5, 5.41) is 3.64. The van der Waals surface area contributed by atoms with Crippen LogP contribution in [-0.2, 0) is 29.0 Å². The van der Waals surface area contributed by atoms with Gasteiger partial charge in [0.25, 0.3) is 5.91 Å². The third-order valence-electron chi connectivity index (χ3n) is 6.06. The van der Waals surface area contributed by atoms with E-state index in [0.29, 0.717) is 23.7 Å². The molecule has 0 saturated carbocycles. The number of unbranched alkanes of at least 4 members (excludes halogenated alkanes) is 1. The van der Waals surface area contributed by atoms with Crippen molar-refractivity contribution in [1.82, 2.24) is 10.2 Å². The Morgan fingerprint density at radius 2 is 1.56 bits per heavy atom. The molecule has 0 spiro atoms. The Morgan fingerprint density at radius 3 is 2.19 bits per heavy atom. The van der Waals surface area contributed by atoms with Gasteiger partial charge in [-0.2, -0.15) is 0 Å². The SMILES string of the molecule is CCCCNC(=O)C(Cc1ccccc1)N(Cc1ccc(Cl)cc1)C(=O)COc1ccc(CC)cc1. The first-order chi connectivity index (χ1) is 17.5. The van der Waals surface area contributed by atoms with Gasteiger partial charge in [-0.1, -0.05) is 86.5 Å². The second kappa shape index (κ2) is 14.3. The van der Waals surface area contributed by atoms with Gasteiger partial charge in [-0.15, -0.1) is 0 Å². The number of rotatable bonds is 13. The molecule has 0 aliphatic rings.